The van der Waals surface area contributed by atoms with E-state index >= 15 is 0 Å². The van der Waals surface area contributed by atoms with Crippen molar-refractivity contribution in [1.29, 1.82) is 0 Å². The predicted molar refractivity (Wildman–Crippen MR) is 63.2 cm³/mol. The van der Waals surface area contributed by atoms with Crippen molar-refractivity contribution >= 4 is 13.1 Å². The maximum absolute atomic E-state index is 11.3. The summed E-state index contributed by atoms with van der Waals surface area (Å²) in [6.07, 6.45) is 0.231. The second kappa shape index (κ2) is 4.87. The van der Waals surface area contributed by atoms with Crippen LogP contribution in [0.5, 0.6) is 11.5 Å². The number of aromatic carboxylic acids is 1. The number of carbonyl (C=O) groups is 1. The molecule has 18 heavy (non-hydrogen) atoms. The second-order valence-corrected chi connectivity index (χ2v) is 4.05. The molecular formula is C11H13BO6. The molecule has 1 heterocycles. The molecule has 7 heteroatoms. The van der Waals surface area contributed by atoms with Crippen molar-refractivity contribution in [2.45, 2.75) is 12.2 Å². The summed E-state index contributed by atoms with van der Waals surface area (Å²) in [6.45, 7) is -0.182. The molecule has 3 N–H and O–H groups in total. The van der Waals surface area contributed by atoms with Crippen molar-refractivity contribution in [2.24, 2.45) is 0 Å². The van der Waals surface area contributed by atoms with E-state index in [-0.39, 0.29) is 35.9 Å². The average molecular weight is 252 g/mol. The Bertz CT molecular complexity index is 475. The number of rotatable bonds is 3. The highest BCUT2D eigenvalue weighted by Crippen LogP contribution is 2.41. The fourth-order valence-electron chi connectivity index (χ4n) is 2.13. The number of hydrogen-bond acceptors (Lipinski definition) is 5. The highest BCUT2D eigenvalue weighted by atomic mass is 16.5. The van der Waals surface area contributed by atoms with Crippen LogP contribution in [0.25, 0.3) is 0 Å². The molecule has 0 amide bonds. The van der Waals surface area contributed by atoms with Gasteiger partial charge in [-0.3, -0.25) is 0 Å². The maximum Gasteiger partial charge on any atom is 0.523 e. The Morgan fingerprint density at radius 1 is 1.61 bits per heavy atom. The number of carboxylic acids is 1. The highest BCUT2D eigenvalue weighted by molar-refractivity contribution is 6.44. The number of carboxylic acid groups (broad SMARTS) is 1. The van der Waals surface area contributed by atoms with Crippen LogP contribution in [0.2, 0.25) is 6.32 Å². The van der Waals surface area contributed by atoms with Crippen molar-refractivity contribution in [3.63, 3.8) is 0 Å². The van der Waals surface area contributed by atoms with Gasteiger partial charge in [-0.2, -0.15) is 0 Å². The molecule has 1 aliphatic heterocycles. The van der Waals surface area contributed by atoms with Gasteiger partial charge in [0.15, 0.2) is 0 Å². The first-order valence-electron chi connectivity index (χ1n) is 5.48. The number of benzene rings is 1. The molecule has 0 aromatic heterocycles. The van der Waals surface area contributed by atoms with Crippen LogP contribution in [0, 0.1) is 0 Å². The first kappa shape index (κ1) is 12.7. The summed E-state index contributed by atoms with van der Waals surface area (Å²) in [5, 5.41) is 28.0. The Balaban J connectivity index is 2.61. The van der Waals surface area contributed by atoms with E-state index in [1.165, 1.54) is 13.2 Å². The monoisotopic (exact) mass is 252 g/mol. The molecular weight excluding hydrogens is 239 g/mol. The third-order valence-corrected chi connectivity index (χ3v) is 2.98. The zero-order chi connectivity index (χ0) is 13.3. The molecule has 6 nitrogen and oxygen atoms in total. The minimum atomic E-state index is -1.20. The summed E-state index contributed by atoms with van der Waals surface area (Å²) < 4.78 is 10.2. The van der Waals surface area contributed by atoms with Crippen LogP contribution in [0.1, 0.15) is 21.8 Å². The lowest BCUT2D eigenvalue weighted by molar-refractivity contribution is 0.0690. The van der Waals surface area contributed by atoms with Crippen molar-refractivity contribution in [3.05, 3.63) is 23.3 Å². The van der Waals surface area contributed by atoms with Gasteiger partial charge in [0.1, 0.15) is 17.1 Å². The third kappa shape index (κ3) is 2.02. The van der Waals surface area contributed by atoms with Gasteiger partial charge in [-0.25, -0.2) is 4.79 Å². The Morgan fingerprint density at radius 2 is 2.33 bits per heavy atom. The summed E-state index contributed by atoms with van der Waals surface area (Å²) in [5.74, 6) is -1.31. The van der Waals surface area contributed by atoms with Crippen LogP contribution in [0.4, 0.5) is 0 Å². The molecule has 0 radical (unpaired) electrons. The number of hydrogen-bond donors (Lipinski definition) is 3. The summed E-state index contributed by atoms with van der Waals surface area (Å²) >= 11 is 0. The molecule has 0 saturated carbocycles. The Kier molecular flexibility index (Phi) is 3.44. The molecule has 0 aliphatic carbocycles. The quantitative estimate of drug-likeness (QED) is 0.671. The highest BCUT2D eigenvalue weighted by Gasteiger charge is 2.35. The second-order valence-electron chi connectivity index (χ2n) is 4.05. The summed E-state index contributed by atoms with van der Waals surface area (Å²) in [7, 11) is 0.233. The molecule has 0 saturated heterocycles. The smallest absolute Gasteiger partial charge is 0.523 e. The van der Waals surface area contributed by atoms with Gasteiger partial charge in [0, 0.05) is 18.8 Å². The summed E-state index contributed by atoms with van der Waals surface area (Å²) in [5.41, 5.74) is 0.438. The van der Waals surface area contributed by atoms with Gasteiger partial charge in [-0.05, 0) is 11.6 Å². The molecule has 96 valence electrons. The van der Waals surface area contributed by atoms with E-state index in [2.05, 4.69) is 0 Å². The van der Waals surface area contributed by atoms with Crippen molar-refractivity contribution < 1.29 is 29.4 Å². The van der Waals surface area contributed by atoms with Crippen LogP contribution in [0.15, 0.2) is 12.1 Å². The number of aliphatic hydroxyl groups excluding tert-OH is 1. The van der Waals surface area contributed by atoms with E-state index in [0.29, 0.717) is 5.56 Å². The van der Waals surface area contributed by atoms with E-state index < -0.39 is 13.1 Å². The lowest BCUT2D eigenvalue weighted by atomic mass is 9.72. The van der Waals surface area contributed by atoms with E-state index in [9.17, 15) is 20.0 Å². The van der Waals surface area contributed by atoms with Crippen molar-refractivity contribution in [1.82, 2.24) is 0 Å². The number of methoxy groups -OCH3 is 1. The SMILES string of the molecule is COc1ccc2c(c1C(=O)O)OB(O)C[C@@H]2CO. The van der Waals surface area contributed by atoms with Gasteiger partial charge in [-0.1, -0.05) is 6.07 Å². The van der Waals surface area contributed by atoms with Crippen LogP contribution >= 0.6 is 0 Å². The molecule has 2 rings (SSSR count). The van der Waals surface area contributed by atoms with Crippen LogP contribution in [0.3, 0.4) is 0 Å². The molecule has 1 atom stereocenters. The zero-order valence-electron chi connectivity index (χ0n) is 9.79. The molecule has 0 bridgehead atoms. The molecule has 1 aliphatic rings. The van der Waals surface area contributed by atoms with Gasteiger partial charge in [-0.15, -0.1) is 0 Å². The van der Waals surface area contributed by atoms with Crippen LogP contribution in [-0.4, -0.2) is 42.0 Å². The van der Waals surface area contributed by atoms with Crippen molar-refractivity contribution in [2.75, 3.05) is 13.7 Å². The molecule has 0 spiro atoms. The first-order chi connectivity index (χ1) is 8.58. The minimum absolute atomic E-state index is 0.0691. The van der Waals surface area contributed by atoms with E-state index in [0.717, 1.165) is 0 Å². The fourth-order valence-corrected chi connectivity index (χ4v) is 2.13. The van der Waals surface area contributed by atoms with Crippen LogP contribution < -0.4 is 9.39 Å². The van der Waals surface area contributed by atoms with Gasteiger partial charge < -0.3 is 24.6 Å². The van der Waals surface area contributed by atoms with Gasteiger partial charge >= 0.3 is 13.1 Å². The molecule has 0 fully saturated rings. The zero-order valence-corrected chi connectivity index (χ0v) is 9.79. The minimum Gasteiger partial charge on any atom is -0.535 e. The summed E-state index contributed by atoms with van der Waals surface area (Å²) in [4.78, 5) is 11.3. The number of ether oxygens (including phenoxy) is 1. The maximum atomic E-state index is 11.3. The topological polar surface area (TPSA) is 96.2 Å². The number of aliphatic hydroxyl groups is 1. The largest absolute Gasteiger partial charge is 0.535 e. The van der Waals surface area contributed by atoms with E-state index in [4.69, 9.17) is 9.39 Å². The predicted octanol–water partition coefficient (Wildman–Crippen LogP) is 0.342. The Morgan fingerprint density at radius 3 is 2.89 bits per heavy atom. The standard InChI is InChI=1S/C11H13BO6/c1-17-8-3-2-7-6(5-13)4-12(16)18-10(7)9(8)11(14)15/h2-3,6,13,16H,4-5H2,1H3,(H,14,15)/t6-/m1/s1. The van der Waals surface area contributed by atoms with Gasteiger partial charge in [0.2, 0.25) is 0 Å². The molecule has 1 aromatic carbocycles. The first-order valence-corrected chi connectivity index (χ1v) is 5.48. The third-order valence-electron chi connectivity index (χ3n) is 2.98. The Labute approximate surface area is 104 Å². The van der Waals surface area contributed by atoms with E-state index in [1.807, 2.05) is 0 Å². The number of fused-ring (bicyclic) bond motifs is 1. The van der Waals surface area contributed by atoms with Gasteiger partial charge in [0.05, 0.1) is 7.11 Å². The average Bonchev–Trinajstić information content (AvgIpc) is 2.35. The fraction of sp³-hybridized carbons (Fsp3) is 0.364. The Hall–Kier alpha value is -1.73. The van der Waals surface area contributed by atoms with Gasteiger partial charge in [0.25, 0.3) is 0 Å². The van der Waals surface area contributed by atoms with E-state index in [1.54, 1.807) is 6.07 Å². The lowest BCUT2D eigenvalue weighted by Gasteiger charge is -2.28. The normalized spacial score (nSPS) is 17.9. The lowest BCUT2D eigenvalue weighted by Crippen LogP contribution is -2.31. The van der Waals surface area contributed by atoms with Crippen LogP contribution in [-0.2, 0) is 0 Å². The molecule has 1 aromatic rings. The molecule has 0 unspecified atom stereocenters. The summed E-state index contributed by atoms with van der Waals surface area (Å²) in [6, 6.07) is 3.17. The van der Waals surface area contributed by atoms with Crippen molar-refractivity contribution in [3.8, 4) is 11.5 Å².